The van der Waals surface area contributed by atoms with Gasteiger partial charge in [-0.25, -0.2) is 14.4 Å². The molecule has 9 heteroatoms. The molecule has 3 N–H and O–H groups in total. The van der Waals surface area contributed by atoms with E-state index in [1.54, 1.807) is 18.5 Å². The second kappa shape index (κ2) is 8.60. The minimum absolute atomic E-state index is 0.0614. The van der Waals surface area contributed by atoms with Crippen molar-refractivity contribution in [2.75, 3.05) is 11.9 Å². The molecular weight excluding hydrogens is 399 g/mol. The van der Waals surface area contributed by atoms with Crippen molar-refractivity contribution in [2.45, 2.75) is 50.9 Å². The highest BCUT2D eigenvalue weighted by atomic mass is 19.1. The van der Waals surface area contributed by atoms with Gasteiger partial charge in [-0.05, 0) is 51.0 Å². The van der Waals surface area contributed by atoms with Crippen molar-refractivity contribution < 1.29 is 14.2 Å². The molecule has 0 spiro atoms. The number of rotatable bonds is 6. The minimum Gasteiger partial charge on any atom is -0.451 e. The number of aliphatic hydroxyl groups excluding tert-OH is 1. The number of likely N-dealkylation sites (N-methyl/N-ethyl adjacent to an activating group) is 1. The Balaban J connectivity index is 1.71. The molecule has 8 nitrogen and oxygen atoms in total. The monoisotopic (exact) mass is 426 g/mol. The van der Waals surface area contributed by atoms with Gasteiger partial charge < -0.3 is 20.5 Å². The molecule has 0 bridgehead atoms. The molecule has 3 aromatic rings. The van der Waals surface area contributed by atoms with Gasteiger partial charge in [-0.15, -0.1) is 0 Å². The lowest BCUT2D eigenvalue weighted by Gasteiger charge is -2.29. The van der Waals surface area contributed by atoms with Gasteiger partial charge in [-0.2, -0.15) is 5.10 Å². The van der Waals surface area contributed by atoms with E-state index in [2.05, 4.69) is 15.1 Å². The molecule has 1 saturated carbocycles. The fourth-order valence-electron chi connectivity index (χ4n) is 4.10. The summed E-state index contributed by atoms with van der Waals surface area (Å²) in [5.41, 5.74) is 7.34. The lowest BCUT2D eigenvalue weighted by Crippen LogP contribution is -2.38. The predicted molar refractivity (Wildman–Crippen MR) is 116 cm³/mol. The van der Waals surface area contributed by atoms with Gasteiger partial charge in [0.25, 0.3) is 0 Å². The van der Waals surface area contributed by atoms with Crippen molar-refractivity contribution in [3.63, 3.8) is 0 Å². The maximum Gasteiger partial charge on any atom is 0.188 e. The zero-order chi connectivity index (χ0) is 22.1. The van der Waals surface area contributed by atoms with Gasteiger partial charge >= 0.3 is 0 Å². The van der Waals surface area contributed by atoms with Crippen LogP contribution in [0, 0.1) is 5.82 Å². The third-order valence-corrected chi connectivity index (χ3v) is 5.62. The Hall–Kier alpha value is -3.04. The van der Waals surface area contributed by atoms with E-state index in [0.29, 0.717) is 35.7 Å². The Morgan fingerprint density at radius 2 is 2.06 bits per heavy atom. The first-order valence-corrected chi connectivity index (χ1v) is 10.3. The van der Waals surface area contributed by atoms with Crippen LogP contribution in [0.25, 0.3) is 11.3 Å². The third-order valence-electron chi connectivity index (χ3n) is 5.62. The topological polar surface area (TPSA) is 102 Å². The summed E-state index contributed by atoms with van der Waals surface area (Å²) in [7, 11) is 1.85. The van der Waals surface area contributed by atoms with Crippen LogP contribution in [-0.2, 0) is 0 Å². The molecule has 1 fully saturated rings. The van der Waals surface area contributed by atoms with E-state index >= 15 is 0 Å². The third kappa shape index (κ3) is 4.24. The Morgan fingerprint density at radius 3 is 2.77 bits per heavy atom. The van der Waals surface area contributed by atoms with Crippen LogP contribution in [0.2, 0.25) is 0 Å². The molecule has 2 heterocycles. The quantitative estimate of drug-likeness (QED) is 0.624. The standard InChI is InChI=1S/C22H27FN6O2/c1-13(2)29-17(6-7-27-29)16-8-14(23)4-5-20(16)31-21-11-25-12-26-22(21)28(3)18-9-15(24)10-19(18)30/h4-8,11-13,15,18-19,30H,9-10,24H2,1-3H3. The number of aliphatic hydroxyl groups is 1. The van der Waals surface area contributed by atoms with E-state index in [1.807, 2.05) is 36.5 Å². The van der Waals surface area contributed by atoms with E-state index < -0.39 is 6.10 Å². The van der Waals surface area contributed by atoms with Crippen molar-refractivity contribution in [1.82, 2.24) is 19.7 Å². The summed E-state index contributed by atoms with van der Waals surface area (Å²) >= 11 is 0. The average Bonchev–Trinajstić information content (AvgIpc) is 3.35. The fraction of sp³-hybridized carbons (Fsp3) is 0.409. The molecular formula is C22H27FN6O2. The summed E-state index contributed by atoms with van der Waals surface area (Å²) in [6.45, 7) is 4.01. The molecule has 164 valence electrons. The Morgan fingerprint density at radius 1 is 1.26 bits per heavy atom. The predicted octanol–water partition coefficient (Wildman–Crippen LogP) is 3.14. The Labute approximate surface area is 180 Å². The van der Waals surface area contributed by atoms with Crippen molar-refractivity contribution in [3.8, 4) is 22.8 Å². The maximum absolute atomic E-state index is 14.1. The number of anilines is 1. The van der Waals surface area contributed by atoms with Crippen LogP contribution in [0.1, 0.15) is 32.7 Å². The van der Waals surface area contributed by atoms with Crippen LogP contribution < -0.4 is 15.4 Å². The second-order valence-corrected chi connectivity index (χ2v) is 8.18. The van der Waals surface area contributed by atoms with Crippen LogP contribution in [-0.4, -0.2) is 50.1 Å². The van der Waals surface area contributed by atoms with E-state index in [1.165, 1.54) is 18.5 Å². The molecule has 0 saturated heterocycles. The number of nitrogens with zero attached hydrogens (tertiary/aromatic N) is 5. The molecule has 4 rings (SSSR count). The first kappa shape index (κ1) is 21.2. The highest BCUT2D eigenvalue weighted by molar-refractivity contribution is 5.69. The molecule has 1 aliphatic rings. The number of aromatic nitrogens is 4. The van der Waals surface area contributed by atoms with Crippen LogP contribution in [0.3, 0.4) is 0 Å². The molecule has 1 aliphatic carbocycles. The number of benzene rings is 1. The summed E-state index contributed by atoms with van der Waals surface area (Å²) in [5, 5.41) is 14.7. The van der Waals surface area contributed by atoms with E-state index in [4.69, 9.17) is 10.5 Å². The van der Waals surface area contributed by atoms with Gasteiger partial charge in [-0.1, -0.05) is 0 Å². The fourth-order valence-corrected chi connectivity index (χ4v) is 4.10. The molecule has 0 radical (unpaired) electrons. The van der Waals surface area contributed by atoms with E-state index in [-0.39, 0.29) is 23.9 Å². The van der Waals surface area contributed by atoms with Crippen molar-refractivity contribution >= 4 is 5.82 Å². The Kier molecular flexibility index (Phi) is 5.88. The number of ether oxygens (including phenoxy) is 1. The van der Waals surface area contributed by atoms with Crippen LogP contribution in [0.4, 0.5) is 10.2 Å². The highest BCUT2D eigenvalue weighted by Crippen LogP contribution is 2.38. The summed E-state index contributed by atoms with van der Waals surface area (Å²) in [5.74, 6) is 1.02. The molecule has 0 aliphatic heterocycles. The summed E-state index contributed by atoms with van der Waals surface area (Å²) in [6, 6.07) is 6.04. The highest BCUT2D eigenvalue weighted by Gasteiger charge is 2.35. The van der Waals surface area contributed by atoms with Gasteiger partial charge in [0.15, 0.2) is 11.6 Å². The van der Waals surface area contributed by atoms with Gasteiger partial charge in [0.05, 0.1) is 24.0 Å². The number of halogens is 1. The molecule has 1 aromatic carbocycles. The minimum atomic E-state index is -0.551. The smallest absolute Gasteiger partial charge is 0.188 e. The SMILES string of the molecule is CC(C)n1nccc1-c1cc(F)ccc1Oc1cncnc1N(C)C1CC(N)CC1O. The van der Waals surface area contributed by atoms with Crippen LogP contribution >= 0.6 is 0 Å². The normalized spacial score (nSPS) is 20.9. The second-order valence-electron chi connectivity index (χ2n) is 8.18. The van der Waals surface area contributed by atoms with E-state index in [0.717, 1.165) is 5.69 Å². The molecule has 31 heavy (non-hydrogen) atoms. The van der Waals surface area contributed by atoms with Gasteiger partial charge in [0.1, 0.15) is 17.9 Å². The van der Waals surface area contributed by atoms with E-state index in [9.17, 15) is 9.50 Å². The summed E-state index contributed by atoms with van der Waals surface area (Å²) < 4.78 is 22.2. The summed E-state index contributed by atoms with van der Waals surface area (Å²) in [4.78, 5) is 10.4. The van der Waals surface area contributed by atoms with Crippen molar-refractivity contribution in [2.24, 2.45) is 5.73 Å². The Bertz CT molecular complexity index is 1060. The first-order valence-electron chi connectivity index (χ1n) is 10.3. The van der Waals surface area contributed by atoms with Gasteiger partial charge in [0.2, 0.25) is 0 Å². The average molecular weight is 426 g/mol. The maximum atomic E-state index is 14.1. The number of nitrogens with two attached hydrogens (primary N) is 1. The zero-order valence-corrected chi connectivity index (χ0v) is 17.8. The lowest BCUT2D eigenvalue weighted by molar-refractivity contribution is 0.161. The van der Waals surface area contributed by atoms with Crippen LogP contribution in [0.15, 0.2) is 43.0 Å². The van der Waals surface area contributed by atoms with Crippen LogP contribution in [0.5, 0.6) is 11.5 Å². The molecule has 2 aromatic heterocycles. The molecule has 0 amide bonds. The number of hydrogen-bond acceptors (Lipinski definition) is 7. The van der Waals surface area contributed by atoms with Gasteiger partial charge in [0, 0.05) is 30.9 Å². The number of hydrogen-bond donors (Lipinski definition) is 2. The zero-order valence-electron chi connectivity index (χ0n) is 17.8. The largest absolute Gasteiger partial charge is 0.451 e. The first-order chi connectivity index (χ1) is 14.8. The van der Waals surface area contributed by atoms with Gasteiger partial charge in [-0.3, -0.25) is 4.68 Å². The lowest BCUT2D eigenvalue weighted by atomic mass is 10.1. The van der Waals surface area contributed by atoms with Crippen molar-refractivity contribution in [3.05, 3.63) is 48.8 Å². The van der Waals surface area contributed by atoms with Crippen molar-refractivity contribution in [1.29, 1.82) is 0 Å². The molecule has 3 unspecified atom stereocenters. The summed E-state index contributed by atoms with van der Waals surface area (Å²) in [6.07, 6.45) is 5.31. The molecule has 3 atom stereocenters.